The van der Waals surface area contributed by atoms with Crippen molar-refractivity contribution in [2.24, 2.45) is 12.8 Å². The Labute approximate surface area is 125 Å². The van der Waals surface area contributed by atoms with Gasteiger partial charge >= 0.3 is 0 Å². The number of fused-ring (bicyclic) bond motifs is 1. The Hall–Kier alpha value is -2.13. The molecule has 1 aromatic heterocycles. The molecule has 1 heterocycles. The fourth-order valence-electron chi connectivity index (χ4n) is 2.65. The molecule has 2 aromatic carbocycles. The van der Waals surface area contributed by atoms with Crippen LogP contribution in [0.15, 0.2) is 42.5 Å². The average molecular weight is 279 g/mol. The number of hydrogen-bond donors (Lipinski definition) is 1. The van der Waals surface area contributed by atoms with E-state index in [-0.39, 0.29) is 0 Å². The topological polar surface area (TPSA) is 43.8 Å². The molecule has 0 fully saturated rings. The predicted octanol–water partition coefficient (Wildman–Crippen LogP) is 3.13. The molecule has 0 bridgehead atoms. The summed E-state index contributed by atoms with van der Waals surface area (Å²) in [5.41, 5.74) is 11.7. The monoisotopic (exact) mass is 279 g/mol. The van der Waals surface area contributed by atoms with Gasteiger partial charge in [0.2, 0.25) is 0 Å². The van der Waals surface area contributed by atoms with E-state index in [1.54, 1.807) is 0 Å². The average Bonchev–Trinajstić information content (AvgIpc) is 2.82. The van der Waals surface area contributed by atoms with Crippen LogP contribution in [-0.2, 0) is 26.4 Å². The molecule has 0 saturated carbocycles. The second-order valence-corrected chi connectivity index (χ2v) is 5.60. The summed E-state index contributed by atoms with van der Waals surface area (Å²) in [6, 6.07) is 15.0. The lowest BCUT2D eigenvalue weighted by atomic mass is 10.1. The van der Waals surface area contributed by atoms with Gasteiger partial charge in [-0.3, -0.25) is 0 Å². The second-order valence-electron chi connectivity index (χ2n) is 5.60. The molecule has 0 radical (unpaired) electrons. The van der Waals surface area contributed by atoms with E-state index >= 15 is 0 Å². The number of aromatic nitrogens is 2. The molecule has 108 valence electrons. The van der Waals surface area contributed by atoms with Gasteiger partial charge in [0.1, 0.15) is 5.82 Å². The van der Waals surface area contributed by atoms with E-state index in [0.29, 0.717) is 6.54 Å². The van der Waals surface area contributed by atoms with E-state index in [1.165, 1.54) is 11.1 Å². The maximum Gasteiger partial charge on any atom is 0.109 e. The van der Waals surface area contributed by atoms with E-state index in [2.05, 4.69) is 61.0 Å². The quantitative estimate of drug-likeness (QED) is 0.797. The van der Waals surface area contributed by atoms with Gasteiger partial charge in [-0.25, -0.2) is 4.98 Å². The van der Waals surface area contributed by atoms with Crippen LogP contribution in [-0.4, -0.2) is 9.55 Å². The summed E-state index contributed by atoms with van der Waals surface area (Å²) >= 11 is 0. The Morgan fingerprint density at radius 3 is 2.43 bits per heavy atom. The van der Waals surface area contributed by atoms with Crippen LogP contribution in [0.25, 0.3) is 11.0 Å². The van der Waals surface area contributed by atoms with Crippen molar-refractivity contribution in [1.29, 1.82) is 0 Å². The summed E-state index contributed by atoms with van der Waals surface area (Å²) in [6.07, 6.45) is 1.97. The molecule has 3 heteroatoms. The zero-order valence-electron chi connectivity index (χ0n) is 12.6. The predicted molar refractivity (Wildman–Crippen MR) is 87.2 cm³/mol. The van der Waals surface area contributed by atoms with Crippen molar-refractivity contribution in [3.05, 3.63) is 65.0 Å². The van der Waals surface area contributed by atoms with E-state index in [0.717, 1.165) is 35.3 Å². The lowest BCUT2D eigenvalue weighted by molar-refractivity contribution is 0.786. The van der Waals surface area contributed by atoms with Crippen LogP contribution in [0.4, 0.5) is 0 Å². The van der Waals surface area contributed by atoms with Gasteiger partial charge in [0.15, 0.2) is 0 Å². The van der Waals surface area contributed by atoms with E-state index in [4.69, 9.17) is 10.7 Å². The highest BCUT2D eigenvalue weighted by molar-refractivity contribution is 5.76. The normalized spacial score (nSPS) is 11.2. The standard InChI is InChI=1S/C18H21N3/c1-13-3-5-14(6-4-13)8-10-18-20-16-9-7-15(12-19)11-17(16)21(18)2/h3-7,9,11H,8,10,12,19H2,1-2H3. The number of nitrogens with two attached hydrogens (primary N) is 1. The van der Waals surface area contributed by atoms with Gasteiger partial charge in [0.25, 0.3) is 0 Å². The Kier molecular flexibility index (Phi) is 3.76. The molecule has 0 unspecified atom stereocenters. The molecular weight excluding hydrogens is 258 g/mol. The third kappa shape index (κ3) is 2.83. The molecule has 3 aromatic rings. The van der Waals surface area contributed by atoms with Gasteiger partial charge in [-0.15, -0.1) is 0 Å². The molecule has 0 saturated heterocycles. The van der Waals surface area contributed by atoms with Crippen molar-refractivity contribution < 1.29 is 0 Å². The summed E-state index contributed by atoms with van der Waals surface area (Å²) in [5.74, 6) is 1.12. The largest absolute Gasteiger partial charge is 0.331 e. The van der Waals surface area contributed by atoms with Gasteiger partial charge in [0.05, 0.1) is 11.0 Å². The minimum Gasteiger partial charge on any atom is -0.331 e. The van der Waals surface area contributed by atoms with Crippen LogP contribution >= 0.6 is 0 Å². The first-order chi connectivity index (χ1) is 10.2. The van der Waals surface area contributed by atoms with Gasteiger partial charge in [0, 0.05) is 20.0 Å². The van der Waals surface area contributed by atoms with Crippen LogP contribution in [0.2, 0.25) is 0 Å². The molecule has 3 nitrogen and oxygen atoms in total. The first kappa shape index (κ1) is 13.8. The summed E-state index contributed by atoms with van der Waals surface area (Å²) in [6.45, 7) is 2.68. The second kappa shape index (κ2) is 5.70. The van der Waals surface area contributed by atoms with E-state index < -0.39 is 0 Å². The fourth-order valence-corrected chi connectivity index (χ4v) is 2.65. The van der Waals surface area contributed by atoms with Crippen LogP contribution in [0.5, 0.6) is 0 Å². The summed E-state index contributed by atoms with van der Waals surface area (Å²) in [5, 5.41) is 0. The highest BCUT2D eigenvalue weighted by atomic mass is 15.1. The summed E-state index contributed by atoms with van der Waals surface area (Å²) in [4.78, 5) is 4.74. The Morgan fingerprint density at radius 1 is 1.00 bits per heavy atom. The van der Waals surface area contributed by atoms with Gasteiger partial charge in [-0.1, -0.05) is 35.9 Å². The molecule has 0 aliphatic rings. The molecule has 21 heavy (non-hydrogen) atoms. The van der Waals surface area contributed by atoms with Crippen molar-refractivity contribution >= 4 is 11.0 Å². The van der Waals surface area contributed by atoms with E-state index in [1.807, 2.05) is 0 Å². The maximum atomic E-state index is 5.71. The lowest BCUT2D eigenvalue weighted by Crippen LogP contribution is -2.01. The number of aryl methyl sites for hydroxylation is 4. The third-order valence-corrected chi connectivity index (χ3v) is 4.03. The Morgan fingerprint density at radius 2 is 1.71 bits per heavy atom. The van der Waals surface area contributed by atoms with Crippen LogP contribution in [0.1, 0.15) is 22.5 Å². The number of rotatable bonds is 4. The zero-order chi connectivity index (χ0) is 14.8. The van der Waals surface area contributed by atoms with Crippen molar-refractivity contribution in [2.45, 2.75) is 26.3 Å². The third-order valence-electron chi connectivity index (χ3n) is 4.03. The maximum absolute atomic E-state index is 5.71. The van der Waals surface area contributed by atoms with Crippen molar-refractivity contribution in [1.82, 2.24) is 9.55 Å². The SMILES string of the molecule is Cc1ccc(CCc2nc3ccc(CN)cc3n2C)cc1. The molecule has 0 amide bonds. The minimum absolute atomic E-state index is 0.569. The molecule has 2 N–H and O–H groups in total. The first-order valence-corrected chi connectivity index (χ1v) is 7.37. The zero-order valence-corrected chi connectivity index (χ0v) is 12.6. The van der Waals surface area contributed by atoms with E-state index in [9.17, 15) is 0 Å². The molecule has 0 spiro atoms. The highest BCUT2D eigenvalue weighted by Gasteiger charge is 2.08. The lowest BCUT2D eigenvalue weighted by Gasteiger charge is -2.04. The van der Waals surface area contributed by atoms with Gasteiger partial charge in [-0.2, -0.15) is 0 Å². The number of imidazole rings is 1. The minimum atomic E-state index is 0.569. The van der Waals surface area contributed by atoms with Crippen LogP contribution in [0, 0.1) is 6.92 Å². The molecule has 0 aliphatic carbocycles. The highest BCUT2D eigenvalue weighted by Crippen LogP contribution is 2.18. The van der Waals surface area contributed by atoms with Crippen molar-refractivity contribution in [3.8, 4) is 0 Å². The number of nitrogens with zero attached hydrogens (tertiary/aromatic N) is 2. The van der Waals surface area contributed by atoms with Crippen LogP contribution < -0.4 is 5.73 Å². The Balaban J connectivity index is 1.83. The first-order valence-electron chi connectivity index (χ1n) is 7.37. The van der Waals surface area contributed by atoms with Crippen molar-refractivity contribution in [3.63, 3.8) is 0 Å². The summed E-state index contributed by atoms with van der Waals surface area (Å²) in [7, 11) is 2.08. The van der Waals surface area contributed by atoms with Gasteiger partial charge < -0.3 is 10.3 Å². The Bertz CT molecular complexity index is 754. The fraction of sp³-hybridized carbons (Fsp3) is 0.278. The molecule has 0 aliphatic heterocycles. The summed E-state index contributed by atoms with van der Waals surface area (Å²) < 4.78 is 2.18. The van der Waals surface area contributed by atoms with Crippen LogP contribution in [0.3, 0.4) is 0 Å². The van der Waals surface area contributed by atoms with Crippen molar-refractivity contribution in [2.75, 3.05) is 0 Å². The number of hydrogen-bond acceptors (Lipinski definition) is 2. The molecular formula is C18H21N3. The smallest absolute Gasteiger partial charge is 0.109 e. The molecule has 0 atom stereocenters. The molecule has 3 rings (SSSR count). The van der Waals surface area contributed by atoms with Gasteiger partial charge in [-0.05, 0) is 36.6 Å². The number of benzene rings is 2.